The number of hydrogen-bond donors (Lipinski definition) is 1. The van der Waals surface area contributed by atoms with Gasteiger partial charge in [-0.3, -0.25) is 0 Å². The zero-order chi connectivity index (χ0) is 12.3. The summed E-state index contributed by atoms with van der Waals surface area (Å²) in [6.07, 6.45) is 0. The maximum atomic E-state index is 5.99. The zero-order valence-corrected chi connectivity index (χ0v) is 10.1. The maximum absolute atomic E-state index is 5.99. The molecule has 0 atom stereocenters. The summed E-state index contributed by atoms with van der Waals surface area (Å²) in [4.78, 5) is 4.03. The third kappa shape index (κ3) is 2.95. The summed E-state index contributed by atoms with van der Waals surface area (Å²) in [6.45, 7) is 2.38. The summed E-state index contributed by atoms with van der Waals surface area (Å²) in [7, 11) is 0. The van der Waals surface area contributed by atoms with Crippen LogP contribution in [-0.4, -0.2) is 10.1 Å². The predicted octanol–water partition coefficient (Wildman–Crippen LogP) is 2.07. The van der Waals surface area contributed by atoms with Crippen molar-refractivity contribution in [2.24, 2.45) is 5.73 Å². The first kappa shape index (κ1) is 11.9. The Hall–Kier alpha value is -1.59. The van der Waals surface area contributed by atoms with Crippen LogP contribution in [0.15, 0.2) is 22.7 Å². The summed E-state index contributed by atoms with van der Waals surface area (Å²) in [5.41, 5.74) is 6.43. The molecule has 0 aliphatic heterocycles. The first-order valence-corrected chi connectivity index (χ1v) is 5.47. The fraction of sp³-hybridized carbons (Fsp3) is 0.273. The van der Waals surface area contributed by atoms with Crippen LogP contribution in [0.25, 0.3) is 0 Å². The molecule has 0 fully saturated rings. The lowest BCUT2D eigenvalue weighted by Crippen LogP contribution is -2.00. The zero-order valence-electron chi connectivity index (χ0n) is 9.31. The minimum atomic E-state index is 0.201. The number of aromatic nitrogens is 2. The molecule has 2 aromatic rings. The number of rotatable bonds is 4. The largest absolute Gasteiger partial charge is 0.484 e. The smallest absolute Gasteiger partial charge is 0.240 e. The van der Waals surface area contributed by atoms with E-state index < -0.39 is 0 Å². The Morgan fingerprint density at radius 2 is 2.29 bits per heavy atom. The molecule has 2 rings (SSSR count). The van der Waals surface area contributed by atoms with Gasteiger partial charge in [0.15, 0.2) is 6.61 Å². The molecule has 0 bridgehead atoms. The summed E-state index contributed by atoms with van der Waals surface area (Å²) in [5.74, 6) is 1.44. The van der Waals surface area contributed by atoms with Gasteiger partial charge in [0.05, 0.1) is 11.6 Å². The molecule has 5 nitrogen and oxygen atoms in total. The van der Waals surface area contributed by atoms with E-state index in [1.165, 1.54) is 0 Å². The van der Waals surface area contributed by atoms with E-state index in [1.807, 2.05) is 19.1 Å². The number of hydrogen-bond acceptors (Lipinski definition) is 5. The molecule has 0 aliphatic rings. The van der Waals surface area contributed by atoms with Crippen LogP contribution in [0.3, 0.4) is 0 Å². The highest BCUT2D eigenvalue weighted by Gasteiger charge is 2.07. The Morgan fingerprint density at radius 1 is 1.47 bits per heavy atom. The van der Waals surface area contributed by atoms with E-state index in [4.69, 9.17) is 26.6 Å². The van der Waals surface area contributed by atoms with Gasteiger partial charge in [-0.25, -0.2) is 0 Å². The van der Waals surface area contributed by atoms with E-state index >= 15 is 0 Å². The number of halogens is 1. The highest BCUT2D eigenvalue weighted by atomic mass is 35.5. The van der Waals surface area contributed by atoms with Crippen molar-refractivity contribution < 1.29 is 9.26 Å². The van der Waals surface area contributed by atoms with Crippen molar-refractivity contribution in [3.8, 4) is 5.75 Å². The van der Waals surface area contributed by atoms with Gasteiger partial charge < -0.3 is 15.0 Å². The monoisotopic (exact) mass is 253 g/mol. The molecule has 6 heteroatoms. The highest BCUT2D eigenvalue weighted by Crippen LogP contribution is 2.25. The summed E-state index contributed by atoms with van der Waals surface area (Å²) in [5, 5.41) is 4.27. The normalized spacial score (nSPS) is 10.5. The molecule has 1 aromatic heterocycles. The van der Waals surface area contributed by atoms with Crippen LogP contribution >= 0.6 is 11.6 Å². The molecule has 0 amide bonds. The van der Waals surface area contributed by atoms with Crippen LogP contribution in [0.4, 0.5) is 0 Å². The third-order valence-electron chi connectivity index (χ3n) is 2.13. The molecule has 1 heterocycles. The van der Waals surface area contributed by atoms with Crippen LogP contribution in [0.1, 0.15) is 17.3 Å². The van der Waals surface area contributed by atoms with E-state index in [-0.39, 0.29) is 13.2 Å². The predicted molar refractivity (Wildman–Crippen MR) is 62.7 cm³/mol. The SMILES string of the molecule is Cc1ccc(Cl)c(OCc2noc(CN)n2)c1. The molecule has 0 aliphatic carbocycles. The van der Waals surface area contributed by atoms with Crippen LogP contribution in [0.5, 0.6) is 5.75 Å². The molecule has 0 saturated carbocycles. The Labute approximate surface area is 104 Å². The van der Waals surface area contributed by atoms with Crippen molar-refractivity contribution in [1.29, 1.82) is 0 Å². The minimum Gasteiger partial charge on any atom is -0.484 e. The van der Waals surface area contributed by atoms with E-state index in [2.05, 4.69) is 10.1 Å². The Kier molecular flexibility index (Phi) is 3.61. The second kappa shape index (κ2) is 5.16. The number of aryl methyl sites for hydroxylation is 1. The van der Waals surface area contributed by atoms with Crippen molar-refractivity contribution >= 4 is 11.6 Å². The van der Waals surface area contributed by atoms with Crippen molar-refractivity contribution in [3.05, 3.63) is 40.5 Å². The number of benzene rings is 1. The second-order valence-corrected chi connectivity index (χ2v) is 3.94. The molecular weight excluding hydrogens is 242 g/mol. The van der Waals surface area contributed by atoms with Gasteiger partial charge in [-0.2, -0.15) is 4.98 Å². The van der Waals surface area contributed by atoms with Crippen molar-refractivity contribution in [2.75, 3.05) is 0 Å². The van der Waals surface area contributed by atoms with Crippen molar-refractivity contribution in [3.63, 3.8) is 0 Å². The average Bonchev–Trinajstić information content (AvgIpc) is 2.78. The topological polar surface area (TPSA) is 74.2 Å². The third-order valence-corrected chi connectivity index (χ3v) is 2.44. The summed E-state index contributed by atoms with van der Waals surface area (Å²) < 4.78 is 10.4. The molecule has 1 aromatic carbocycles. The molecule has 17 heavy (non-hydrogen) atoms. The summed E-state index contributed by atoms with van der Waals surface area (Å²) in [6, 6.07) is 5.55. The van der Waals surface area contributed by atoms with E-state index in [1.54, 1.807) is 6.07 Å². The highest BCUT2D eigenvalue weighted by molar-refractivity contribution is 6.32. The lowest BCUT2D eigenvalue weighted by Gasteiger charge is -2.06. The van der Waals surface area contributed by atoms with Gasteiger partial charge in [0, 0.05) is 0 Å². The van der Waals surface area contributed by atoms with Crippen molar-refractivity contribution in [1.82, 2.24) is 10.1 Å². The van der Waals surface area contributed by atoms with Gasteiger partial charge in [-0.05, 0) is 24.6 Å². The van der Waals surface area contributed by atoms with E-state index in [9.17, 15) is 0 Å². The van der Waals surface area contributed by atoms with Crippen LogP contribution < -0.4 is 10.5 Å². The first-order chi connectivity index (χ1) is 8.19. The minimum absolute atomic E-state index is 0.201. The van der Waals surface area contributed by atoms with Gasteiger partial charge in [0.2, 0.25) is 11.7 Å². The molecule has 0 spiro atoms. The van der Waals surface area contributed by atoms with Crippen molar-refractivity contribution in [2.45, 2.75) is 20.1 Å². The van der Waals surface area contributed by atoms with E-state index in [0.717, 1.165) is 5.56 Å². The number of nitrogens with zero attached hydrogens (tertiary/aromatic N) is 2. The quantitative estimate of drug-likeness (QED) is 0.903. The molecule has 2 N–H and O–H groups in total. The lowest BCUT2D eigenvalue weighted by molar-refractivity contribution is 0.285. The van der Waals surface area contributed by atoms with E-state index in [0.29, 0.717) is 22.5 Å². The summed E-state index contributed by atoms with van der Waals surface area (Å²) >= 11 is 5.99. The fourth-order valence-electron chi connectivity index (χ4n) is 1.30. The first-order valence-electron chi connectivity index (χ1n) is 5.09. The Bertz CT molecular complexity index is 513. The molecule has 0 unspecified atom stereocenters. The van der Waals surface area contributed by atoms with Gasteiger partial charge in [-0.1, -0.05) is 22.8 Å². The lowest BCUT2D eigenvalue weighted by atomic mass is 10.2. The van der Waals surface area contributed by atoms with Crippen LogP contribution in [-0.2, 0) is 13.2 Å². The van der Waals surface area contributed by atoms with Gasteiger partial charge >= 0.3 is 0 Å². The van der Waals surface area contributed by atoms with Crippen LogP contribution in [0, 0.1) is 6.92 Å². The maximum Gasteiger partial charge on any atom is 0.240 e. The van der Waals surface area contributed by atoms with Crippen LogP contribution in [0.2, 0.25) is 5.02 Å². The number of nitrogens with two attached hydrogens (primary N) is 1. The molecule has 0 radical (unpaired) electrons. The van der Waals surface area contributed by atoms with Gasteiger partial charge in [0.25, 0.3) is 0 Å². The van der Waals surface area contributed by atoms with Gasteiger partial charge in [0.1, 0.15) is 5.75 Å². The molecule has 90 valence electrons. The molecule has 0 saturated heterocycles. The fourth-order valence-corrected chi connectivity index (χ4v) is 1.47. The average molecular weight is 254 g/mol. The molecular formula is C11H12ClN3O2. The Morgan fingerprint density at radius 3 is 3.00 bits per heavy atom. The second-order valence-electron chi connectivity index (χ2n) is 3.53. The van der Waals surface area contributed by atoms with Gasteiger partial charge in [-0.15, -0.1) is 0 Å². The Balaban J connectivity index is 2.04. The standard InChI is InChI=1S/C11H12ClN3O2/c1-7-2-3-8(12)9(4-7)16-6-10-14-11(5-13)17-15-10/h2-4H,5-6,13H2,1H3. The number of ether oxygens (including phenoxy) is 1.